The number of aromatic hydroxyl groups is 1. The quantitative estimate of drug-likeness (QED) is 0.304. The van der Waals surface area contributed by atoms with Crippen LogP contribution in [0.1, 0.15) is 44.4 Å². The minimum atomic E-state index is -0.293. The van der Waals surface area contributed by atoms with E-state index < -0.39 is 0 Å². The smallest absolute Gasteiger partial charge is 0.365 e. The van der Waals surface area contributed by atoms with E-state index in [9.17, 15) is 14.7 Å². The number of allylic oxidation sites excluding steroid dienone is 1. The van der Waals surface area contributed by atoms with E-state index in [0.29, 0.717) is 30.0 Å². The average Bonchev–Trinajstić information content (AvgIpc) is 3.38. The third-order valence-electron chi connectivity index (χ3n) is 6.31. The molecule has 9 heteroatoms. The molecule has 9 nitrogen and oxygen atoms in total. The number of primary amides is 1. The molecule has 1 aromatic heterocycles. The van der Waals surface area contributed by atoms with Crippen molar-refractivity contribution in [3.8, 4) is 17.2 Å². The van der Waals surface area contributed by atoms with Crippen LogP contribution >= 0.6 is 0 Å². The van der Waals surface area contributed by atoms with Crippen LogP contribution in [0.2, 0.25) is 0 Å². The van der Waals surface area contributed by atoms with Crippen LogP contribution in [-0.2, 0) is 9.59 Å². The summed E-state index contributed by atoms with van der Waals surface area (Å²) in [5.74, 6) is -0.0604. The Hall–Kier alpha value is -3.98. The van der Waals surface area contributed by atoms with Gasteiger partial charge >= 0.3 is 5.91 Å². The highest BCUT2D eigenvalue weighted by Gasteiger charge is 2.33. The molecule has 1 aliphatic carbocycles. The molecule has 1 aliphatic rings. The Morgan fingerprint density at radius 2 is 1.80 bits per heavy atom. The van der Waals surface area contributed by atoms with Crippen molar-refractivity contribution < 1.29 is 24.4 Å². The average molecular weight is 477 g/mol. The standard InChI is InChI=1S/C26H29N5O4/c1-16(27-2)22(24(34)28-19-11-4-3-5-12-19)29-23(33)17-9-8-10-18(15-17)25-30-31-26(35-25)20-13-6-7-14-21(20)32/h3-7,11-14,17-18,27,32H,8-10,15H2,1-2H3,(H,28,34)(H,29,33)/p+1/b22-16+. The molecule has 182 valence electrons. The van der Waals surface area contributed by atoms with E-state index in [4.69, 9.17) is 4.42 Å². The van der Waals surface area contributed by atoms with Crippen molar-refractivity contribution in [2.45, 2.75) is 38.5 Å². The maximum atomic E-state index is 13.2. The third kappa shape index (κ3) is 5.75. The van der Waals surface area contributed by atoms with E-state index >= 15 is 0 Å². The molecule has 3 aromatic rings. The fourth-order valence-electron chi connectivity index (χ4n) is 4.28. The number of amides is 2. The predicted molar refractivity (Wildman–Crippen MR) is 129 cm³/mol. The number of phenols is 1. The van der Waals surface area contributed by atoms with Crippen LogP contribution in [0.3, 0.4) is 0 Å². The summed E-state index contributed by atoms with van der Waals surface area (Å²) < 4.78 is 5.87. The van der Waals surface area contributed by atoms with Crippen LogP contribution < -0.4 is 16.0 Å². The summed E-state index contributed by atoms with van der Waals surface area (Å²) in [7, 11) is 1.71. The highest BCUT2D eigenvalue weighted by Crippen LogP contribution is 2.37. The van der Waals surface area contributed by atoms with E-state index in [1.54, 1.807) is 38.2 Å². The second kappa shape index (κ2) is 11.0. The summed E-state index contributed by atoms with van der Waals surface area (Å²) in [5.41, 5.74) is 2.07. The van der Waals surface area contributed by atoms with E-state index in [-0.39, 0.29) is 41.0 Å². The summed E-state index contributed by atoms with van der Waals surface area (Å²) in [6, 6.07) is 16.1. The molecular formula is C26H30N5O4+. The lowest BCUT2D eigenvalue weighted by molar-refractivity contribution is -0.479. The van der Waals surface area contributed by atoms with Crippen LogP contribution in [0.5, 0.6) is 5.75 Å². The molecule has 2 unspecified atom stereocenters. The van der Waals surface area contributed by atoms with Gasteiger partial charge in [-0.25, -0.2) is 10.1 Å². The first kappa shape index (κ1) is 24.2. The Kier molecular flexibility index (Phi) is 7.57. The van der Waals surface area contributed by atoms with Crippen molar-refractivity contribution in [1.82, 2.24) is 20.8 Å². The number of rotatable bonds is 7. The Morgan fingerprint density at radius 1 is 1.06 bits per heavy atom. The molecule has 0 saturated heterocycles. The SMILES string of the molecule is CN/C(C)=C(/NC(=O)C1CCCC(c2nnc(-c3ccccc3O)o2)C1)C(=O)[NH2+]c1ccccc1. The van der Waals surface area contributed by atoms with Gasteiger partial charge in [0.25, 0.3) is 5.89 Å². The molecule has 4 rings (SSSR count). The Labute approximate surface area is 203 Å². The minimum Gasteiger partial charge on any atom is -0.507 e. The molecule has 5 N–H and O–H groups in total. The Bertz CT molecular complexity index is 1220. The molecule has 0 bridgehead atoms. The second-order valence-electron chi connectivity index (χ2n) is 8.68. The summed E-state index contributed by atoms with van der Waals surface area (Å²) in [4.78, 5) is 26.2. The zero-order valence-corrected chi connectivity index (χ0v) is 19.8. The van der Waals surface area contributed by atoms with Crippen molar-refractivity contribution in [2.24, 2.45) is 5.92 Å². The molecule has 0 radical (unpaired) electrons. The van der Waals surface area contributed by atoms with Crippen LogP contribution in [0.4, 0.5) is 5.69 Å². The Morgan fingerprint density at radius 3 is 2.54 bits per heavy atom. The van der Waals surface area contributed by atoms with Crippen molar-refractivity contribution in [3.05, 3.63) is 71.9 Å². The molecule has 2 aromatic carbocycles. The molecule has 1 saturated carbocycles. The number of nitrogens with two attached hydrogens (primary N) is 1. The number of carbonyl (C=O) groups excluding carboxylic acids is 2. The topological polar surface area (TPSA) is 134 Å². The van der Waals surface area contributed by atoms with Crippen LogP contribution in [-0.4, -0.2) is 34.2 Å². The number of quaternary nitrogens is 1. The van der Waals surface area contributed by atoms with E-state index in [1.807, 2.05) is 30.3 Å². The fourth-order valence-corrected chi connectivity index (χ4v) is 4.28. The predicted octanol–water partition coefficient (Wildman–Crippen LogP) is 2.70. The van der Waals surface area contributed by atoms with Crippen molar-refractivity contribution in [3.63, 3.8) is 0 Å². The molecule has 2 amide bonds. The number of nitrogens with zero attached hydrogens (tertiary/aromatic N) is 2. The van der Waals surface area contributed by atoms with Crippen LogP contribution in [0.25, 0.3) is 11.5 Å². The normalized spacial score (nSPS) is 18.5. The lowest BCUT2D eigenvalue weighted by atomic mass is 9.81. The second-order valence-corrected chi connectivity index (χ2v) is 8.68. The number of hydrogen-bond donors (Lipinski definition) is 4. The van der Waals surface area contributed by atoms with Gasteiger partial charge in [-0.15, -0.1) is 10.2 Å². The van der Waals surface area contributed by atoms with Gasteiger partial charge in [0.1, 0.15) is 11.4 Å². The number of para-hydroxylation sites is 2. The minimum absolute atomic E-state index is 0.0693. The molecule has 0 spiro atoms. The zero-order valence-electron chi connectivity index (χ0n) is 19.8. The lowest BCUT2D eigenvalue weighted by Gasteiger charge is -2.26. The van der Waals surface area contributed by atoms with Crippen molar-refractivity contribution in [1.29, 1.82) is 0 Å². The van der Waals surface area contributed by atoms with Gasteiger partial charge in [-0.3, -0.25) is 4.79 Å². The van der Waals surface area contributed by atoms with Gasteiger partial charge < -0.3 is 20.2 Å². The zero-order chi connectivity index (χ0) is 24.8. The molecule has 35 heavy (non-hydrogen) atoms. The highest BCUT2D eigenvalue weighted by atomic mass is 16.4. The van der Waals surface area contributed by atoms with Gasteiger partial charge in [0.2, 0.25) is 11.8 Å². The fraction of sp³-hybridized carbons (Fsp3) is 0.308. The maximum absolute atomic E-state index is 13.2. The first-order valence-electron chi connectivity index (χ1n) is 11.7. The van der Waals surface area contributed by atoms with Gasteiger partial charge in [0.15, 0.2) is 5.70 Å². The van der Waals surface area contributed by atoms with Crippen molar-refractivity contribution >= 4 is 17.5 Å². The lowest BCUT2D eigenvalue weighted by Crippen LogP contribution is -2.83. The van der Waals surface area contributed by atoms with Gasteiger partial charge in [-0.2, -0.15) is 0 Å². The summed E-state index contributed by atoms with van der Waals surface area (Å²) in [6.45, 7) is 1.76. The van der Waals surface area contributed by atoms with Crippen LogP contribution in [0.15, 0.2) is 70.4 Å². The van der Waals surface area contributed by atoms with Gasteiger partial charge in [0, 0.05) is 24.6 Å². The highest BCUT2D eigenvalue weighted by molar-refractivity contribution is 5.94. The van der Waals surface area contributed by atoms with Crippen LogP contribution in [0, 0.1) is 5.92 Å². The first-order chi connectivity index (χ1) is 17.0. The molecule has 1 fully saturated rings. The molecule has 2 atom stereocenters. The van der Waals surface area contributed by atoms with Gasteiger partial charge in [0.05, 0.1) is 5.56 Å². The maximum Gasteiger partial charge on any atom is 0.365 e. The number of phenolic OH excluding ortho intramolecular Hbond substituents is 1. The molecule has 1 heterocycles. The molecular weight excluding hydrogens is 446 g/mol. The first-order valence-corrected chi connectivity index (χ1v) is 11.7. The number of hydrogen-bond acceptors (Lipinski definition) is 7. The summed E-state index contributed by atoms with van der Waals surface area (Å²) >= 11 is 0. The summed E-state index contributed by atoms with van der Waals surface area (Å²) in [5, 5.41) is 25.7. The third-order valence-corrected chi connectivity index (χ3v) is 6.31. The van der Waals surface area contributed by atoms with Gasteiger partial charge in [-0.1, -0.05) is 36.8 Å². The molecule has 0 aliphatic heterocycles. The van der Waals surface area contributed by atoms with E-state index in [0.717, 1.165) is 18.5 Å². The van der Waals surface area contributed by atoms with Gasteiger partial charge in [-0.05, 0) is 50.5 Å². The van der Waals surface area contributed by atoms with E-state index in [1.165, 1.54) is 5.32 Å². The summed E-state index contributed by atoms with van der Waals surface area (Å²) in [6.07, 6.45) is 2.90. The van der Waals surface area contributed by atoms with E-state index in [2.05, 4.69) is 20.8 Å². The van der Waals surface area contributed by atoms with Crippen molar-refractivity contribution in [2.75, 3.05) is 7.05 Å². The largest absolute Gasteiger partial charge is 0.507 e. The number of nitrogens with one attached hydrogen (secondary N) is 2. The number of benzene rings is 2. The Balaban J connectivity index is 1.44. The monoisotopic (exact) mass is 476 g/mol. The number of aromatic nitrogens is 2. The number of carbonyl (C=O) groups is 2.